The van der Waals surface area contributed by atoms with Crippen molar-refractivity contribution in [1.82, 2.24) is 0 Å². The van der Waals surface area contributed by atoms with Crippen molar-refractivity contribution in [2.45, 2.75) is 19.3 Å². The Morgan fingerprint density at radius 3 is 2.77 bits per heavy atom. The fraction of sp³-hybridized carbons (Fsp3) is 0.400. The molecular weight excluding hydrogens is 186 g/mol. The predicted octanol–water partition coefficient (Wildman–Crippen LogP) is 2.50. The lowest BCUT2D eigenvalue weighted by atomic mass is 9.98. The Kier molecular flexibility index (Phi) is 3.58. The summed E-state index contributed by atoms with van der Waals surface area (Å²) in [7, 11) is 0. The Morgan fingerprint density at radius 1 is 1.54 bits per heavy atom. The van der Waals surface area contributed by atoms with E-state index >= 15 is 0 Å². The number of halogens is 1. The highest BCUT2D eigenvalue weighted by atomic mass is 35.5. The summed E-state index contributed by atoms with van der Waals surface area (Å²) in [6, 6.07) is 5.28. The van der Waals surface area contributed by atoms with Crippen molar-refractivity contribution in [3.05, 3.63) is 28.8 Å². The summed E-state index contributed by atoms with van der Waals surface area (Å²) in [5, 5.41) is 9.60. The molecule has 0 saturated carbocycles. The number of hydrogen-bond acceptors (Lipinski definition) is 2. The Balaban J connectivity index is 2.84. The smallest absolute Gasteiger partial charge is 0.134 e. The molecule has 3 heteroatoms. The molecule has 0 aromatic heterocycles. The summed E-state index contributed by atoms with van der Waals surface area (Å²) >= 11 is 5.78. The first-order chi connectivity index (χ1) is 6.15. The van der Waals surface area contributed by atoms with Crippen molar-refractivity contribution in [3.63, 3.8) is 0 Å². The van der Waals surface area contributed by atoms with Gasteiger partial charge in [-0.1, -0.05) is 24.6 Å². The number of aromatic hydroxyl groups is 1. The molecule has 2 nitrogen and oxygen atoms in total. The van der Waals surface area contributed by atoms with Crippen molar-refractivity contribution in [1.29, 1.82) is 0 Å². The van der Waals surface area contributed by atoms with Crippen LogP contribution in [0.3, 0.4) is 0 Å². The molecule has 3 N–H and O–H groups in total. The molecule has 1 unspecified atom stereocenters. The summed E-state index contributed by atoms with van der Waals surface area (Å²) in [5.41, 5.74) is 6.57. The van der Waals surface area contributed by atoms with Crippen LogP contribution in [0.2, 0.25) is 5.02 Å². The highest BCUT2D eigenvalue weighted by Gasteiger charge is 2.06. The summed E-state index contributed by atoms with van der Waals surface area (Å²) in [5.74, 6) is 0.522. The highest BCUT2D eigenvalue weighted by molar-refractivity contribution is 6.32. The fourth-order valence-corrected chi connectivity index (χ4v) is 1.44. The molecule has 0 aliphatic heterocycles. The minimum atomic E-state index is 0.130. The van der Waals surface area contributed by atoms with E-state index in [1.54, 1.807) is 12.1 Å². The van der Waals surface area contributed by atoms with E-state index in [-0.39, 0.29) is 5.75 Å². The van der Waals surface area contributed by atoms with Crippen molar-refractivity contribution >= 4 is 11.6 Å². The molecule has 1 rings (SSSR count). The van der Waals surface area contributed by atoms with Gasteiger partial charge in [-0.05, 0) is 36.6 Å². The number of benzene rings is 1. The first kappa shape index (κ1) is 10.4. The van der Waals surface area contributed by atoms with E-state index in [0.29, 0.717) is 17.5 Å². The summed E-state index contributed by atoms with van der Waals surface area (Å²) in [6.45, 7) is 2.76. The first-order valence-electron chi connectivity index (χ1n) is 4.33. The number of nitrogens with two attached hydrogens (primary N) is 1. The second-order valence-corrected chi connectivity index (χ2v) is 3.60. The zero-order valence-corrected chi connectivity index (χ0v) is 8.38. The molecule has 0 fully saturated rings. The van der Waals surface area contributed by atoms with Gasteiger partial charge in [0.15, 0.2) is 0 Å². The van der Waals surface area contributed by atoms with Gasteiger partial charge in [0.25, 0.3) is 0 Å². The Labute approximate surface area is 83.3 Å². The Hall–Kier alpha value is -0.730. The van der Waals surface area contributed by atoms with Gasteiger partial charge in [0, 0.05) is 0 Å². The molecule has 0 spiro atoms. The third-order valence-corrected chi connectivity index (χ3v) is 2.44. The molecule has 0 bridgehead atoms. The third-order valence-electron chi connectivity index (χ3n) is 2.14. The van der Waals surface area contributed by atoms with Crippen molar-refractivity contribution in [3.8, 4) is 5.75 Å². The van der Waals surface area contributed by atoms with E-state index in [1.165, 1.54) is 0 Å². The Morgan fingerprint density at radius 2 is 2.23 bits per heavy atom. The molecule has 1 atom stereocenters. The average Bonchev–Trinajstić information content (AvgIpc) is 2.10. The number of hydrogen-bond donors (Lipinski definition) is 2. The molecule has 72 valence electrons. The summed E-state index contributed by atoms with van der Waals surface area (Å²) in [4.78, 5) is 0. The molecular formula is C10H14ClNO. The lowest BCUT2D eigenvalue weighted by Gasteiger charge is -2.10. The maximum Gasteiger partial charge on any atom is 0.134 e. The second-order valence-electron chi connectivity index (χ2n) is 3.19. The minimum Gasteiger partial charge on any atom is -0.506 e. The fourth-order valence-electron chi connectivity index (χ4n) is 1.25. The van der Waals surface area contributed by atoms with Crippen molar-refractivity contribution < 1.29 is 5.11 Å². The van der Waals surface area contributed by atoms with Crippen LogP contribution in [0.1, 0.15) is 24.8 Å². The van der Waals surface area contributed by atoms with Gasteiger partial charge < -0.3 is 10.8 Å². The number of rotatable bonds is 3. The van der Waals surface area contributed by atoms with Gasteiger partial charge in [-0.25, -0.2) is 0 Å². The lowest BCUT2D eigenvalue weighted by molar-refractivity contribution is 0.475. The van der Waals surface area contributed by atoms with Gasteiger partial charge in [-0.3, -0.25) is 0 Å². The predicted molar refractivity (Wildman–Crippen MR) is 55.2 cm³/mol. The monoisotopic (exact) mass is 199 g/mol. The normalized spacial score (nSPS) is 12.8. The van der Waals surface area contributed by atoms with Crippen LogP contribution < -0.4 is 5.73 Å². The van der Waals surface area contributed by atoms with Gasteiger partial charge in [0.1, 0.15) is 5.75 Å². The topological polar surface area (TPSA) is 46.2 Å². The molecule has 0 radical (unpaired) electrons. The molecule has 0 aliphatic carbocycles. The van der Waals surface area contributed by atoms with Crippen LogP contribution in [0.15, 0.2) is 18.2 Å². The van der Waals surface area contributed by atoms with Crippen LogP contribution in [0, 0.1) is 0 Å². The number of phenols is 1. The van der Waals surface area contributed by atoms with E-state index in [4.69, 9.17) is 17.3 Å². The maximum absolute atomic E-state index is 9.20. The SMILES string of the molecule is CC(CCN)c1ccc(O)c(Cl)c1. The van der Waals surface area contributed by atoms with Gasteiger partial charge in [0.2, 0.25) is 0 Å². The first-order valence-corrected chi connectivity index (χ1v) is 4.71. The average molecular weight is 200 g/mol. The third kappa shape index (κ3) is 2.61. The van der Waals surface area contributed by atoms with Gasteiger partial charge in [-0.15, -0.1) is 0 Å². The molecule has 0 aliphatic rings. The molecule has 1 aromatic carbocycles. The zero-order valence-electron chi connectivity index (χ0n) is 7.63. The molecule has 13 heavy (non-hydrogen) atoms. The summed E-state index contributed by atoms with van der Waals surface area (Å²) in [6.07, 6.45) is 0.932. The van der Waals surface area contributed by atoms with E-state index in [0.717, 1.165) is 12.0 Å². The second kappa shape index (κ2) is 4.49. The van der Waals surface area contributed by atoms with Gasteiger partial charge in [-0.2, -0.15) is 0 Å². The number of phenolic OH excluding ortho intramolecular Hbond substituents is 1. The largest absolute Gasteiger partial charge is 0.506 e. The molecule has 0 amide bonds. The van der Waals surface area contributed by atoms with Crippen molar-refractivity contribution in [2.24, 2.45) is 5.73 Å². The maximum atomic E-state index is 9.20. The zero-order chi connectivity index (χ0) is 9.84. The lowest BCUT2D eigenvalue weighted by Crippen LogP contribution is -2.04. The van der Waals surface area contributed by atoms with Crippen LogP contribution in [-0.4, -0.2) is 11.7 Å². The van der Waals surface area contributed by atoms with Crippen LogP contribution >= 0.6 is 11.6 Å². The van der Waals surface area contributed by atoms with Gasteiger partial charge in [0.05, 0.1) is 5.02 Å². The quantitative estimate of drug-likeness (QED) is 0.786. The molecule has 0 saturated heterocycles. The minimum absolute atomic E-state index is 0.130. The van der Waals surface area contributed by atoms with Crippen LogP contribution in [0.5, 0.6) is 5.75 Å². The van der Waals surface area contributed by atoms with E-state index in [1.807, 2.05) is 6.07 Å². The van der Waals surface area contributed by atoms with Crippen LogP contribution in [0.25, 0.3) is 0 Å². The van der Waals surface area contributed by atoms with E-state index in [9.17, 15) is 5.11 Å². The van der Waals surface area contributed by atoms with Crippen molar-refractivity contribution in [2.75, 3.05) is 6.54 Å². The van der Waals surface area contributed by atoms with E-state index in [2.05, 4.69) is 6.92 Å². The highest BCUT2D eigenvalue weighted by Crippen LogP contribution is 2.28. The molecule has 0 heterocycles. The summed E-state index contributed by atoms with van der Waals surface area (Å²) < 4.78 is 0. The Bertz CT molecular complexity index is 288. The van der Waals surface area contributed by atoms with E-state index < -0.39 is 0 Å². The van der Waals surface area contributed by atoms with Crippen LogP contribution in [0.4, 0.5) is 0 Å². The van der Waals surface area contributed by atoms with Crippen LogP contribution in [-0.2, 0) is 0 Å². The standard InChI is InChI=1S/C10H14ClNO/c1-7(4-5-12)8-2-3-10(13)9(11)6-8/h2-3,6-7,13H,4-5,12H2,1H3. The molecule has 1 aromatic rings. The van der Waals surface area contributed by atoms with Gasteiger partial charge >= 0.3 is 0 Å².